The van der Waals surface area contributed by atoms with Crippen molar-refractivity contribution in [1.82, 2.24) is 0 Å². The van der Waals surface area contributed by atoms with E-state index in [2.05, 4.69) is 15.5 Å². The Morgan fingerprint density at radius 2 is 1.57 bits per heavy atom. The van der Waals surface area contributed by atoms with E-state index in [0.29, 0.717) is 22.2 Å². The van der Waals surface area contributed by atoms with Gasteiger partial charge >= 0.3 is 0 Å². The van der Waals surface area contributed by atoms with Crippen LogP contribution in [0.1, 0.15) is 5.56 Å². The third-order valence-corrected chi connectivity index (χ3v) is 7.78. The van der Waals surface area contributed by atoms with Crippen LogP contribution in [0.15, 0.2) is 106 Å². The summed E-state index contributed by atoms with van der Waals surface area (Å²) in [7, 11) is -4.70. The summed E-state index contributed by atoms with van der Waals surface area (Å²) < 4.78 is 45.5. The van der Waals surface area contributed by atoms with Crippen LogP contribution >= 0.6 is 23.2 Å². The molecular weight excluding hydrogens is 629 g/mol. The van der Waals surface area contributed by atoms with Crippen molar-refractivity contribution in [2.75, 3.05) is 11.9 Å². The Bertz CT molecular complexity index is 2040. The number of aryl methyl sites for hydroxylation is 1. The number of ether oxygens (including phenoxy) is 2. The summed E-state index contributed by atoms with van der Waals surface area (Å²) in [5.74, 6) is 0.115. The normalized spacial score (nSPS) is 11.5. The number of fused-ring (bicyclic) bond motifs is 1. The molecule has 0 unspecified atom stereocenters. The molecular formula is C31H23Cl2N3O7S. The standard InChI is InChI=1S/C31H23Cl2N3O7S/c1-18-6-2-4-8-25(18)43-27-9-5-3-7-22(27)35-36-24-12-11-20-28(44(39,40)41)15-13-23(30(20)31(24)38)34-29(37)17-42-26-14-10-19(32)16-21(26)33/h2-16,38H,17H2,1H3,(H,34,37)(H,39,40,41)/b36-35+. The van der Waals surface area contributed by atoms with Crippen LogP contribution in [0.25, 0.3) is 10.8 Å². The number of hydrogen-bond donors (Lipinski definition) is 3. The molecule has 5 aromatic carbocycles. The number of hydrogen-bond acceptors (Lipinski definition) is 8. The summed E-state index contributed by atoms with van der Waals surface area (Å²) in [4.78, 5) is 12.3. The zero-order chi connectivity index (χ0) is 31.4. The highest BCUT2D eigenvalue weighted by Crippen LogP contribution is 2.43. The molecule has 1 amide bonds. The van der Waals surface area contributed by atoms with Crippen LogP contribution in [0.5, 0.6) is 23.0 Å². The highest BCUT2D eigenvalue weighted by Gasteiger charge is 2.21. The van der Waals surface area contributed by atoms with Gasteiger partial charge in [0.25, 0.3) is 16.0 Å². The first-order valence-corrected chi connectivity index (χ1v) is 15.1. The number of carbonyl (C=O) groups is 1. The number of benzene rings is 5. The van der Waals surface area contributed by atoms with Gasteiger partial charge in [0.2, 0.25) is 0 Å². The summed E-state index contributed by atoms with van der Waals surface area (Å²) in [6.07, 6.45) is 0. The van der Waals surface area contributed by atoms with Gasteiger partial charge in [-0.15, -0.1) is 10.2 Å². The Balaban J connectivity index is 1.48. The number of amides is 1. The molecule has 13 heteroatoms. The van der Waals surface area contributed by atoms with Gasteiger partial charge in [-0.3, -0.25) is 9.35 Å². The van der Waals surface area contributed by atoms with Crippen LogP contribution in [0.3, 0.4) is 0 Å². The average Bonchev–Trinajstić information content (AvgIpc) is 2.97. The van der Waals surface area contributed by atoms with Crippen LogP contribution < -0.4 is 14.8 Å². The lowest BCUT2D eigenvalue weighted by Crippen LogP contribution is -2.20. The van der Waals surface area contributed by atoms with Crippen molar-refractivity contribution in [3.8, 4) is 23.0 Å². The maximum Gasteiger partial charge on any atom is 0.295 e. The van der Waals surface area contributed by atoms with Crippen LogP contribution in [-0.2, 0) is 14.9 Å². The predicted octanol–water partition coefficient (Wildman–Crippen LogP) is 8.63. The molecule has 0 atom stereocenters. The van der Waals surface area contributed by atoms with E-state index in [1.54, 1.807) is 30.3 Å². The lowest BCUT2D eigenvalue weighted by Gasteiger charge is -2.14. The second-order valence-electron chi connectivity index (χ2n) is 9.39. The Labute approximate surface area is 262 Å². The van der Waals surface area contributed by atoms with Gasteiger partial charge in [-0.2, -0.15) is 8.42 Å². The zero-order valence-electron chi connectivity index (χ0n) is 22.9. The molecule has 0 spiro atoms. The van der Waals surface area contributed by atoms with Gasteiger partial charge < -0.3 is 19.9 Å². The molecule has 0 saturated heterocycles. The highest BCUT2D eigenvalue weighted by molar-refractivity contribution is 7.86. The fraction of sp³-hybridized carbons (Fsp3) is 0.0645. The molecule has 0 aromatic heterocycles. The van der Waals surface area contributed by atoms with Crippen LogP contribution in [0.4, 0.5) is 17.1 Å². The quantitative estimate of drug-likeness (QED) is 0.107. The minimum Gasteiger partial charge on any atom is -0.505 e. The van der Waals surface area contributed by atoms with Gasteiger partial charge in [-0.05, 0) is 67.1 Å². The molecule has 10 nitrogen and oxygen atoms in total. The number of azo groups is 1. The summed E-state index contributed by atoms with van der Waals surface area (Å²) in [5, 5.41) is 22.7. The number of rotatable bonds is 9. The molecule has 0 aliphatic heterocycles. The molecule has 0 aliphatic rings. The maximum absolute atomic E-state index is 12.8. The van der Waals surface area contributed by atoms with Crippen LogP contribution in [-0.4, -0.2) is 30.6 Å². The minimum atomic E-state index is -4.70. The molecule has 44 heavy (non-hydrogen) atoms. The van der Waals surface area contributed by atoms with Crippen molar-refractivity contribution in [1.29, 1.82) is 0 Å². The van der Waals surface area contributed by atoms with E-state index in [1.807, 2.05) is 31.2 Å². The third kappa shape index (κ3) is 6.92. The molecule has 3 N–H and O–H groups in total. The van der Waals surface area contributed by atoms with Gasteiger partial charge in [-0.25, -0.2) is 0 Å². The van der Waals surface area contributed by atoms with Crippen molar-refractivity contribution in [3.63, 3.8) is 0 Å². The van der Waals surface area contributed by atoms with Crippen LogP contribution in [0, 0.1) is 6.92 Å². The zero-order valence-corrected chi connectivity index (χ0v) is 25.2. The van der Waals surface area contributed by atoms with Crippen molar-refractivity contribution < 1.29 is 32.3 Å². The number of aromatic hydroxyl groups is 1. The number of carbonyl (C=O) groups excluding carboxylic acids is 1. The van der Waals surface area contributed by atoms with E-state index in [9.17, 15) is 22.9 Å². The van der Waals surface area contributed by atoms with E-state index >= 15 is 0 Å². The van der Waals surface area contributed by atoms with Gasteiger partial charge in [0.05, 0.1) is 16.1 Å². The third-order valence-electron chi connectivity index (χ3n) is 6.34. The molecule has 0 fully saturated rings. The number of phenolic OH excluding ortho intramolecular Hbond substituents is 1. The Hall–Kier alpha value is -4.68. The fourth-order valence-electron chi connectivity index (χ4n) is 4.25. The van der Waals surface area contributed by atoms with Gasteiger partial charge in [0.15, 0.2) is 18.1 Å². The van der Waals surface area contributed by atoms with Crippen molar-refractivity contribution >= 4 is 67.1 Å². The van der Waals surface area contributed by atoms with E-state index in [4.69, 9.17) is 32.7 Å². The number of para-hydroxylation sites is 2. The second kappa shape index (κ2) is 12.9. The first-order chi connectivity index (χ1) is 21.0. The monoisotopic (exact) mass is 651 g/mol. The Morgan fingerprint density at radius 3 is 2.30 bits per heavy atom. The maximum atomic E-state index is 12.8. The summed E-state index contributed by atoms with van der Waals surface area (Å²) >= 11 is 12.0. The lowest BCUT2D eigenvalue weighted by molar-refractivity contribution is -0.118. The number of nitrogens with one attached hydrogen (secondary N) is 1. The molecule has 0 aliphatic carbocycles. The summed E-state index contributed by atoms with van der Waals surface area (Å²) in [5.41, 5.74) is 1.25. The number of halogens is 2. The van der Waals surface area contributed by atoms with Crippen LogP contribution in [0.2, 0.25) is 10.0 Å². The average molecular weight is 653 g/mol. The molecule has 0 saturated carbocycles. The highest BCUT2D eigenvalue weighted by atomic mass is 35.5. The van der Waals surface area contributed by atoms with Crippen molar-refractivity contribution in [2.24, 2.45) is 10.2 Å². The molecule has 0 heterocycles. The summed E-state index contributed by atoms with van der Waals surface area (Å²) in [6, 6.07) is 23.9. The minimum absolute atomic E-state index is 0.0287. The first kappa shape index (κ1) is 30.8. The van der Waals surface area contributed by atoms with Gasteiger partial charge in [-0.1, -0.05) is 59.6 Å². The number of phenols is 1. The number of nitrogens with zero attached hydrogens (tertiary/aromatic N) is 2. The topological polar surface area (TPSA) is 147 Å². The van der Waals surface area contributed by atoms with Gasteiger partial charge in [0.1, 0.15) is 27.8 Å². The molecule has 0 radical (unpaired) electrons. The van der Waals surface area contributed by atoms with E-state index in [-0.39, 0.29) is 32.9 Å². The largest absolute Gasteiger partial charge is 0.505 e. The number of anilines is 1. The lowest BCUT2D eigenvalue weighted by atomic mass is 10.1. The SMILES string of the molecule is Cc1ccccc1Oc1ccccc1/N=N/c1ccc2c(S(=O)(=O)O)ccc(NC(=O)COc3ccc(Cl)cc3Cl)c2c1O. The Kier molecular flexibility index (Phi) is 9.02. The smallest absolute Gasteiger partial charge is 0.295 e. The van der Waals surface area contributed by atoms with E-state index in [0.717, 1.165) is 11.6 Å². The van der Waals surface area contributed by atoms with E-state index < -0.39 is 33.3 Å². The van der Waals surface area contributed by atoms with Crippen molar-refractivity contribution in [2.45, 2.75) is 11.8 Å². The summed E-state index contributed by atoms with van der Waals surface area (Å²) in [6.45, 7) is 1.43. The fourth-order valence-corrected chi connectivity index (χ4v) is 5.40. The van der Waals surface area contributed by atoms with E-state index in [1.165, 1.54) is 30.3 Å². The van der Waals surface area contributed by atoms with Crippen molar-refractivity contribution in [3.05, 3.63) is 107 Å². The molecule has 5 rings (SSSR count). The second-order valence-corrected chi connectivity index (χ2v) is 11.6. The van der Waals surface area contributed by atoms with Gasteiger partial charge in [0, 0.05) is 10.4 Å². The molecule has 5 aromatic rings. The molecule has 0 bridgehead atoms. The predicted molar refractivity (Wildman–Crippen MR) is 168 cm³/mol. The first-order valence-electron chi connectivity index (χ1n) is 12.9. The molecule has 224 valence electrons. The Morgan fingerprint density at radius 1 is 0.864 bits per heavy atom.